The first-order chi connectivity index (χ1) is 9.98. The minimum atomic E-state index is -1.12. The standard InChI is InChI=1S/C14H17N5OS/c1-10(2)19-12(20)17-18-13(19)21-9-14(16,8-15)11-6-4-3-5-7-11/h3-7,10H,9,16H2,1-2H3,(H,17,20). The summed E-state index contributed by atoms with van der Waals surface area (Å²) in [4.78, 5) is 11.7. The smallest absolute Gasteiger partial charge is 0.309 e. The summed E-state index contributed by atoms with van der Waals surface area (Å²) >= 11 is 1.30. The maximum absolute atomic E-state index is 11.7. The van der Waals surface area contributed by atoms with Gasteiger partial charge in [0.15, 0.2) is 5.16 Å². The highest BCUT2D eigenvalue weighted by Gasteiger charge is 2.28. The van der Waals surface area contributed by atoms with E-state index in [1.165, 1.54) is 11.8 Å². The summed E-state index contributed by atoms with van der Waals surface area (Å²) in [5.74, 6) is 0.310. The molecular weight excluding hydrogens is 286 g/mol. The van der Waals surface area contributed by atoms with Crippen LogP contribution in [0.4, 0.5) is 0 Å². The average Bonchev–Trinajstić information content (AvgIpc) is 2.87. The van der Waals surface area contributed by atoms with E-state index in [9.17, 15) is 10.1 Å². The highest BCUT2D eigenvalue weighted by molar-refractivity contribution is 7.99. The maximum Gasteiger partial charge on any atom is 0.344 e. The van der Waals surface area contributed by atoms with Crippen molar-refractivity contribution < 1.29 is 0 Å². The molecule has 21 heavy (non-hydrogen) atoms. The van der Waals surface area contributed by atoms with E-state index in [2.05, 4.69) is 16.3 Å². The lowest BCUT2D eigenvalue weighted by molar-refractivity contribution is 0.533. The fourth-order valence-corrected chi connectivity index (χ4v) is 3.07. The molecule has 7 heteroatoms. The number of hydrogen-bond donors (Lipinski definition) is 2. The molecule has 0 fully saturated rings. The molecule has 1 atom stereocenters. The Hall–Kier alpha value is -2.04. The number of thioether (sulfide) groups is 1. The minimum absolute atomic E-state index is 0.00950. The van der Waals surface area contributed by atoms with E-state index < -0.39 is 5.54 Å². The molecule has 0 radical (unpaired) electrons. The molecule has 0 saturated heterocycles. The summed E-state index contributed by atoms with van der Waals surface area (Å²) in [6.07, 6.45) is 0. The normalized spacial score (nSPS) is 13.9. The first kappa shape index (κ1) is 15.4. The zero-order valence-electron chi connectivity index (χ0n) is 11.9. The van der Waals surface area contributed by atoms with Crippen LogP contribution in [0.15, 0.2) is 40.3 Å². The summed E-state index contributed by atoms with van der Waals surface area (Å²) in [6.45, 7) is 3.80. The van der Waals surface area contributed by atoms with E-state index in [0.717, 1.165) is 5.56 Å². The predicted octanol–water partition coefficient (Wildman–Crippen LogP) is 1.62. The Labute approximate surface area is 127 Å². The predicted molar refractivity (Wildman–Crippen MR) is 81.9 cm³/mol. The van der Waals surface area contributed by atoms with Crippen molar-refractivity contribution in [2.75, 3.05) is 5.75 Å². The Balaban J connectivity index is 2.23. The summed E-state index contributed by atoms with van der Waals surface area (Å²) in [7, 11) is 0. The number of nitrogens with two attached hydrogens (primary N) is 1. The number of rotatable bonds is 5. The molecule has 0 bridgehead atoms. The number of nitrogens with one attached hydrogen (secondary N) is 1. The first-order valence-electron chi connectivity index (χ1n) is 6.53. The SMILES string of the molecule is CC(C)n1c(SCC(N)(C#N)c2ccccc2)n[nH]c1=O. The van der Waals surface area contributed by atoms with E-state index in [-0.39, 0.29) is 11.7 Å². The average molecular weight is 303 g/mol. The Morgan fingerprint density at radius 1 is 1.48 bits per heavy atom. The van der Waals surface area contributed by atoms with Crippen LogP contribution in [0.2, 0.25) is 0 Å². The van der Waals surface area contributed by atoms with Crippen LogP contribution in [0.1, 0.15) is 25.5 Å². The van der Waals surface area contributed by atoms with Gasteiger partial charge in [-0.05, 0) is 19.4 Å². The van der Waals surface area contributed by atoms with Crippen molar-refractivity contribution >= 4 is 11.8 Å². The topological polar surface area (TPSA) is 100 Å². The molecule has 0 aliphatic heterocycles. The third kappa shape index (κ3) is 3.17. The molecule has 6 nitrogen and oxygen atoms in total. The molecule has 1 aromatic heterocycles. The van der Waals surface area contributed by atoms with Crippen LogP contribution in [0.5, 0.6) is 0 Å². The zero-order valence-corrected chi connectivity index (χ0v) is 12.7. The van der Waals surface area contributed by atoms with Crippen LogP contribution in [-0.2, 0) is 5.54 Å². The van der Waals surface area contributed by atoms with Crippen molar-refractivity contribution in [2.45, 2.75) is 30.6 Å². The van der Waals surface area contributed by atoms with Crippen LogP contribution in [-0.4, -0.2) is 20.5 Å². The molecule has 2 rings (SSSR count). The van der Waals surface area contributed by atoms with Gasteiger partial charge in [-0.2, -0.15) is 5.26 Å². The van der Waals surface area contributed by atoms with Crippen LogP contribution in [0.25, 0.3) is 0 Å². The summed E-state index contributed by atoms with van der Waals surface area (Å²) in [5, 5.41) is 16.4. The molecule has 0 aliphatic carbocycles. The lowest BCUT2D eigenvalue weighted by atomic mass is 9.95. The molecule has 110 valence electrons. The fraction of sp³-hybridized carbons (Fsp3) is 0.357. The summed E-state index contributed by atoms with van der Waals surface area (Å²) in [6, 6.07) is 11.4. The fourth-order valence-electron chi connectivity index (χ4n) is 1.94. The van der Waals surface area contributed by atoms with Crippen LogP contribution < -0.4 is 11.4 Å². The highest BCUT2D eigenvalue weighted by atomic mass is 32.2. The van der Waals surface area contributed by atoms with Gasteiger partial charge in [0.1, 0.15) is 5.54 Å². The second-order valence-corrected chi connectivity index (χ2v) is 5.96. The van der Waals surface area contributed by atoms with E-state index >= 15 is 0 Å². The van der Waals surface area contributed by atoms with Gasteiger partial charge >= 0.3 is 5.69 Å². The quantitative estimate of drug-likeness (QED) is 0.817. The number of nitriles is 1. The van der Waals surface area contributed by atoms with Crippen LogP contribution in [0, 0.1) is 11.3 Å². The molecule has 1 unspecified atom stereocenters. The molecule has 0 amide bonds. The van der Waals surface area contributed by atoms with Gasteiger partial charge in [-0.25, -0.2) is 9.89 Å². The second kappa shape index (κ2) is 6.16. The summed E-state index contributed by atoms with van der Waals surface area (Å²) in [5.41, 5.74) is 5.56. The van der Waals surface area contributed by atoms with Crippen molar-refractivity contribution in [3.05, 3.63) is 46.4 Å². The molecular formula is C14H17N5OS. The highest BCUT2D eigenvalue weighted by Crippen LogP contribution is 2.26. The molecule has 0 saturated carbocycles. The molecule has 3 N–H and O–H groups in total. The van der Waals surface area contributed by atoms with E-state index in [0.29, 0.717) is 10.9 Å². The largest absolute Gasteiger partial charge is 0.344 e. The maximum atomic E-state index is 11.7. The van der Waals surface area contributed by atoms with E-state index in [1.807, 2.05) is 44.2 Å². The number of nitrogens with zero attached hydrogens (tertiary/aromatic N) is 3. The molecule has 2 aromatic rings. The van der Waals surface area contributed by atoms with Gasteiger partial charge in [0.05, 0.1) is 6.07 Å². The van der Waals surface area contributed by atoms with Gasteiger partial charge in [0, 0.05) is 11.8 Å². The first-order valence-corrected chi connectivity index (χ1v) is 7.52. The third-order valence-electron chi connectivity index (χ3n) is 3.11. The van der Waals surface area contributed by atoms with Crippen LogP contribution >= 0.6 is 11.8 Å². The number of aromatic nitrogens is 3. The van der Waals surface area contributed by atoms with Gasteiger partial charge in [-0.1, -0.05) is 42.1 Å². The van der Waals surface area contributed by atoms with Gasteiger partial charge < -0.3 is 5.73 Å². The molecule has 0 spiro atoms. The van der Waals surface area contributed by atoms with E-state index in [4.69, 9.17) is 5.73 Å². The third-order valence-corrected chi connectivity index (χ3v) is 4.25. The second-order valence-electron chi connectivity index (χ2n) is 5.01. The van der Waals surface area contributed by atoms with Gasteiger partial charge in [0.2, 0.25) is 0 Å². The molecule has 1 heterocycles. The van der Waals surface area contributed by atoms with Crippen molar-refractivity contribution in [3.63, 3.8) is 0 Å². The number of benzene rings is 1. The number of hydrogen-bond acceptors (Lipinski definition) is 5. The van der Waals surface area contributed by atoms with Crippen molar-refractivity contribution in [2.24, 2.45) is 5.73 Å². The number of aromatic amines is 1. The Morgan fingerprint density at radius 2 is 2.14 bits per heavy atom. The van der Waals surface area contributed by atoms with Gasteiger partial charge in [-0.3, -0.25) is 4.57 Å². The van der Waals surface area contributed by atoms with Crippen LogP contribution in [0.3, 0.4) is 0 Å². The Kier molecular flexibility index (Phi) is 4.50. The van der Waals surface area contributed by atoms with Crippen molar-refractivity contribution in [3.8, 4) is 6.07 Å². The van der Waals surface area contributed by atoms with E-state index in [1.54, 1.807) is 4.57 Å². The Morgan fingerprint density at radius 3 is 2.71 bits per heavy atom. The van der Waals surface area contributed by atoms with Gasteiger partial charge in [-0.15, -0.1) is 5.10 Å². The van der Waals surface area contributed by atoms with Gasteiger partial charge in [0.25, 0.3) is 0 Å². The lowest BCUT2D eigenvalue weighted by Gasteiger charge is -2.21. The zero-order chi connectivity index (χ0) is 15.5. The summed E-state index contributed by atoms with van der Waals surface area (Å²) < 4.78 is 1.55. The van der Waals surface area contributed by atoms with Crippen molar-refractivity contribution in [1.82, 2.24) is 14.8 Å². The molecule has 1 aromatic carbocycles. The molecule has 0 aliphatic rings. The number of H-pyrrole nitrogens is 1. The monoisotopic (exact) mass is 303 g/mol. The van der Waals surface area contributed by atoms with Crippen molar-refractivity contribution in [1.29, 1.82) is 5.26 Å². The Bertz CT molecular complexity index is 700. The lowest BCUT2D eigenvalue weighted by Crippen LogP contribution is -2.37. The minimum Gasteiger partial charge on any atom is -0.309 e.